The summed E-state index contributed by atoms with van der Waals surface area (Å²) in [5.41, 5.74) is 13.5. The molecule has 10 aromatic heterocycles. The van der Waals surface area contributed by atoms with Crippen molar-refractivity contribution in [3.63, 3.8) is 0 Å². The van der Waals surface area contributed by atoms with Crippen LogP contribution in [0.2, 0.25) is 0 Å². The average molecular weight is 1530 g/mol. The van der Waals surface area contributed by atoms with E-state index < -0.39 is 0 Å². The van der Waals surface area contributed by atoms with Crippen LogP contribution < -0.4 is 26.6 Å². The average Bonchev–Trinajstić information content (AvgIpc) is 1.88. The topological polar surface area (TPSA) is 289 Å². The van der Waals surface area contributed by atoms with Gasteiger partial charge in [0.15, 0.2) is 0 Å². The normalized spacial score (nSPS) is 11.5. The maximum atomic E-state index is 13.4. The van der Waals surface area contributed by atoms with Crippen molar-refractivity contribution in [3.8, 4) is 55.6 Å². The molecule has 0 aliphatic heterocycles. The quantitative estimate of drug-likeness (QED) is 0.0254. The molecule has 15 rings (SSSR count). The van der Waals surface area contributed by atoms with Crippen molar-refractivity contribution in [2.75, 3.05) is 13.1 Å². The van der Waals surface area contributed by atoms with Gasteiger partial charge >= 0.3 is 0 Å². The summed E-state index contributed by atoms with van der Waals surface area (Å²) in [5.74, 6) is -2.18. The number of hydrogen-bond acceptors (Lipinski definition) is 10. The molecule has 0 aliphatic carbocycles. The second-order valence-electron chi connectivity index (χ2n) is 27.2. The number of fused-ring (bicyclic) bond motifs is 5. The second-order valence-corrected chi connectivity index (χ2v) is 27.2. The third-order valence-electron chi connectivity index (χ3n) is 18.4. The van der Waals surface area contributed by atoms with E-state index in [9.17, 15) is 45.9 Å². The van der Waals surface area contributed by atoms with Gasteiger partial charge in [-0.25, -0.2) is 46.9 Å². The molecule has 25 heteroatoms. The summed E-state index contributed by atoms with van der Waals surface area (Å²) >= 11 is 0. The maximum Gasteiger partial charge on any atom is 0.253 e. The van der Waals surface area contributed by atoms with E-state index in [4.69, 9.17) is 0 Å². The third-order valence-corrected chi connectivity index (χ3v) is 18.4. The molecule has 0 spiro atoms. The fourth-order valence-corrected chi connectivity index (χ4v) is 12.0. The van der Waals surface area contributed by atoms with Crippen molar-refractivity contribution in [1.82, 2.24) is 76.4 Å². The predicted octanol–water partition coefficient (Wildman–Crippen LogP) is 18.7. The van der Waals surface area contributed by atoms with Crippen LogP contribution in [0.15, 0.2) is 214 Å². The molecule has 0 radical (unpaired) electrons. The molecule has 0 aliphatic rings. The Bertz CT molecular complexity index is 5720. The fourth-order valence-electron chi connectivity index (χ4n) is 12.0. The zero-order valence-electron chi connectivity index (χ0n) is 63.6. The Hall–Kier alpha value is -13.5. The lowest BCUT2D eigenvalue weighted by molar-refractivity contribution is 0.0932. The molecule has 113 heavy (non-hydrogen) atoms. The molecule has 10 heterocycles. The lowest BCUT2D eigenvalue weighted by Gasteiger charge is -2.10. The summed E-state index contributed by atoms with van der Waals surface area (Å²) in [6.45, 7) is 17.1. The first-order valence-electron chi connectivity index (χ1n) is 37.2. The minimum atomic E-state index is -0.301. The van der Waals surface area contributed by atoms with Gasteiger partial charge in [-0.15, -0.1) is 0 Å². The molecule has 0 saturated heterocycles. The van der Waals surface area contributed by atoms with Crippen molar-refractivity contribution in [2.45, 2.75) is 106 Å². The van der Waals surface area contributed by atoms with Crippen LogP contribution in [-0.2, 0) is 0 Å². The Morgan fingerprint density at radius 2 is 0.566 bits per heavy atom. The standard InChI is InChI=1S/3C18H18FN3O.2C17H16FN3O/c2*1-3-11(2)22-18(23)16-10-21-17-15(16)8-13(9-20-17)12-5-4-6-14(19)7-12;1-2-3-7-20-18(23)16-11-22-17-15(16)9-13(10-21-17)12-5-4-6-14(19)8-12;1-10(2)21-17(22)15-9-20-16-14(15)7-12(8-19-16)11-4-3-5-13(18)6-11;1-2-6-19-17(22)15-10-21-16-14(15)8-12(9-20-16)11-4-3-5-13(18)7-11/h2*4-11H,3H2,1-2H3,(H,20,21)(H,22,23);4-6,8-11H,2-3,7H2,1H3,(H,20,23)(H,21,22);3-10H,1-2H3,(H,19,20)(H,21,22);3-5,7-10H,2,6H2,1H3,(H,19,22)(H,20,21)/t2*11-;;;/m10.../s1. The van der Waals surface area contributed by atoms with Crippen LogP contribution in [0.25, 0.3) is 111 Å². The molecule has 578 valence electrons. The van der Waals surface area contributed by atoms with E-state index in [1.165, 1.54) is 60.7 Å². The Kier molecular flexibility index (Phi) is 26.9. The van der Waals surface area contributed by atoms with Gasteiger partial charge in [0, 0.05) is 148 Å². The van der Waals surface area contributed by atoms with Gasteiger partial charge in [0.2, 0.25) is 0 Å². The number of halogens is 5. The molecule has 20 nitrogen and oxygen atoms in total. The van der Waals surface area contributed by atoms with Gasteiger partial charge in [-0.05, 0) is 172 Å². The van der Waals surface area contributed by atoms with Gasteiger partial charge in [-0.1, -0.05) is 94.8 Å². The van der Waals surface area contributed by atoms with Crippen LogP contribution in [0.4, 0.5) is 22.0 Å². The molecule has 0 saturated carbocycles. The molecular formula is C88H86F5N15O5. The molecule has 2 atom stereocenters. The van der Waals surface area contributed by atoms with E-state index in [2.05, 4.69) is 83.3 Å². The van der Waals surface area contributed by atoms with E-state index >= 15 is 0 Å². The highest BCUT2D eigenvalue weighted by molar-refractivity contribution is 6.10. The van der Waals surface area contributed by atoms with Crippen molar-refractivity contribution in [2.24, 2.45) is 0 Å². The first kappa shape index (κ1) is 80.6. The van der Waals surface area contributed by atoms with Gasteiger partial charge < -0.3 is 51.5 Å². The summed E-state index contributed by atoms with van der Waals surface area (Å²) in [7, 11) is 0. The van der Waals surface area contributed by atoms with Gasteiger partial charge in [0.05, 0.1) is 27.8 Å². The third kappa shape index (κ3) is 20.5. The number of nitrogens with one attached hydrogen (secondary N) is 10. The fraction of sp³-hybridized carbons (Fsp3) is 0.205. The number of H-pyrrole nitrogens is 5. The van der Waals surface area contributed by atoms with Crippen LogP contribution in [0.3, 0.4) is 0 Å². The summed E-state index contributed by atoms with van der Waals surface area (Å²) in [5, 5.41) is 18.1. The molecule has 0 unspecified atom stereocenters. The second kappa shape index (κ2) is 37.8. The number of carbonyl (C=O) groups is 5. The summed E-state index contributed by atoms with van der Waals surface area (Å²) in [6.07, 6.45) is 21.2. The van der Waals surface area contributed by atoms with Crippen LogP contribution in [-0.4, -0.2) is 111 Å². The van der Waals surface area contributed by atoms with Crippen molar-refractivity contribution in [3.05, 3.63) is 271 Å². The van der Waals surface area contributed by atoms with E-state index in [0.717, 1.165) is 115 Å². The van der Waals surface area contributed by atoms with Gasteiger partial charge in [-0.2, -0.15) is 0 Å². The number of nitrogens with zero attached hydrogens (tertiary/aromatic N) is 5. The van der Waals surface area contributed by atoms with Crippen LogP contribution >= 0.6 is 0 Å². The monoisotopic (exact) mass is 1530 g/mol. The highest BCUT2D eigenvalue weighted by Gasteiger charge is 2.21. The summed E-state index contributed by atoms with van der Waals surface area (Å²) in [4.78, 5) is 98.0. The Morgan fingerprint density at radius 3 is 0.796 bits per heavy atom. The molecule has 15 aromatic rings. The Labute approximate surface area is 648 Å². The van der Waals surface area contributed by atoms with Gasteiger partial charge in [0.1, 0.15) is 57.3 Å². The lowest BCUT2D eigenvalue weighted by atomic mass is 10.1. The molecule has 5 aromatic carbocycles. The van der Waals surface area contributed by atoms with E-state index in [1.807, 2.05) is 109 Å². The maximum absolute atomic E-state index is 13.4. The zero-order chi connectivity index (χ0) is 80.2. The molecule has 5 amide bonds. The number of unbranched alkanes of at least 4 members (excludes halogenated alkanes) is 1. The number of pyridine rings is 5. The summed E-state index contributed by atoms with van der Waals surface area (Å²) < 4.78 is 66.9. The minimum absolute atomic E-state index is 0.0526. The molecule has 0 bridgehead atoms. The molecular weight excluding hydrogens is 1440 g/mol. The van der Waals surface area contributed by atoms with Crippen LogP contribution in [0.5, 0.6) is 0 Å². The number of benzene rings is 5. The first-order valence-corrected chi connectivity index (χ1v) is 37.2. The zero-order valence-corrected chi connectivity index (χ0v) is 63.6. The number of rotatable bonds is 20. The van der Waals surface area contributed by atoms with E-state index in [1.54, 1.807) is 92.3 Å². The van der Waals surface area contributed by atoms with Crippen molar-refractivity contribution >= 4 is 84.7 Å². The van der Waals surface area contributed by atoms with Crippen molar-refractivity contribution in [1.29, 1.82) is 0 Å². The largest absolute Gasteiger partial charge is 0.352 e. The van der Waals surface area contributed by atoms with Gasteiger partial charge in [0.25, 0.3) is 29.5 Å². The Morgan fingerprint density at radius 1 is 0.319 bits per heavy atom. The van der Waals surface area contributed by atoms with E-state index in [0.29, 0.717) is 69.1 Å². The SMILES string of the molecule is CC(C)NC(=O)c1c[nH]c2ncc(-c3cccc(F)c3)cc12.CCCCNC(=O)c1c[nH]c2ncc(-c3cccc(F)c3)cc12.CCCNC(=O)c1c[nH]c2ncc(-c3cccc(F)c3)cc12.CC[C@@H](C)NC(=O)c1c[nH]c2ncc(-c3cccc(F)c3)cc12.CC[C@H](C)NC(=O)c1c[nH]c2ncc(-c3cccc(F)c3)cc12. The number of aromatic nitrogens is 10. The molecule has 0 fully saturated rings. The lowest BCUT2D eigenvalue weighted by Crippen LogP contribution is -2.31. The number of carbonyl (C=O) groups excluding carboxylic acids is 5. The highest BCUT2D eigenvalue weighted by atomic mass is 19.1. The van der Waals surface area contributed by atoms with E-state index in [-0.39, 0.29) is 76.7 Å². The number of aromatic amines is 5. The molecule has 10 N–H and O–H groups in total. The van der Waals surface area contributed by atoms with Crippen LogP contribution in [0.1, 0.15) is 139 Å². The minimum Gasteiger partial charge on any atom is -0.352 e. The number of amides is 5. The van der Waals surface area contributed by atoms with Gasteiger partial charge in [-0.3, -0.25) is 24.0 Å². The van der Waals surface area contributed by atoms with Crippen LogP contribution in [0, 0.1) is 29.1 Å². The number of hydrogen-bond donors (Lipinski definition) is 10. The van der Waals surface area contributed by atoms with Crippen molar-refractivity contribution < 1.29 is 45.9 Å². The predicted molar refractivity (Wildman–Crippen MR) is 434 cm³/mol. The Balaban J connectivity index is 0.000000139. The summed E-state index contributed by atoms with van der Waals surface area (Å²) in [6, 6.07) is 41.2. The smallest absolute Gasteiger partial charge is 0.253 e. The highest BCUT2D eigenvalue weighted by Crippen LogP contribution is 2.31. The first-order chi connectivity index (χ1) is 54.6.